The second-order valence-corrected chi connectivity index (χ2v) is 4.96. The average Bonchev–Trinajstić information content (AvgIpc) is 2.54. The van der Waals surface area contributed by atoms with Crippen LogP contribution in [0.2, 0.25) is 0 Å². The summed E-state index contributed by atoms with van der Waals surface area (Å²) in [6.45, 7) is 0.362. The molecule has 2 aromatic rings. The number of anilines is 1. The van der Waals surface area contributed by atoms with Crippen LogP contribution in [-0.2, 0) is 17.8 Å². The fourth-order valence-electron chi connectivity index (χ4n) is 2.12. The number of nitrogens with two attached hydrogens (primary N) is 1. The number of hydrogen-bond donors (Lipinski definition) is 3. The van der Waals surface area contributed by atoms with Crippen molar-refractivity contribution in [3.8, 4) is 5.75 Å². The van der Waals surface area contributed by atoms with E-state index in [0.29, 0.717) is 17.8 Å². The number of methoxy groups -OCH3 is 1. The summed E-state index contributed by atoms with van der Waals surface area (Å²) in [4.78, 5) is 23.1. The summed E-state index contributed by atoms with van der Waals surface area (Å²) >= 11 is 0. The lowest BCUT2D eigenvalue weighted by Crippen LogP contribution is -2.29. The molecule has 0 bridgehead atoms. The topological polar surface area (TPSA) is 93.4 Å². The predicted molar refractivity (Wildman–Crippen MR) is 88.2 cm³/mol. The van der Waals surface area contributed by atoms with Crippen molar-refractivity contribution in [2.24, 2.45) is 5.73 Å². The highest BCUT2D eigenvalue weighted by molar-refractivity contribution is 5.91. The molecule has 0 heterocycles. The van der Waals surface area contributed by atoms with Gasteiger partial charge < -0.3 is 21.1 Å². The van der Waals surface area contributed by atoms with Crippen molar-refractivity contribution in [3.05, 3.63) is 59.7 Å². The van der Waals surface area contributed by atoms with Gasteiger partial charge in [0.15, 0.2) is 0 Å². The van der Waals surface area contributed by atoms with Gasteiger partial charge in [0, 0.05) is 12.2 Å². The number of primary amides is 1. The standard InChI is InChI=1S/C17H19N3O3/c1-23-14-7-4-5-12(9-14)11-19-17(22)20-15-8-3-2-6-13(15)10-16(18)21/h2-9H,10-11H2,1H3,(H2,18,21)(H2,19,20,22). The first-order chi connectivity index (χ1) is 11.1. The molecule has 0 aliphatic heterocycles. The molecule has 0 atom stereocenters. The molecule has 0 spiro atoms. The third-order valence-corrected chi connectivity index (χ3v) is 3.22. The number of ether oxygens (including phenoxy) is 1. The zero-order valence-electron chi connectivity index (χ0n) is 12.8. The maximum absolute atomic E-state index is 12.0. The SMILES string of the molecule is COc1cccc(CNC(=O)Nc2ccccc2CC(N)=O)c1. The summed E-state index contributed by atoms with van der Waals surface area (Å²) in [6.07, 6.45) is 0.0757. The highest BCUT2D eigenvalue weighted by Crippen LogP contribution is 2.16. The first-order valence-electron chi connectivity index (χ1n) is 7.12. The largest absolute Gasteiger partial charge is 0.497 e. The van der Waals surface area contributed by atoms with E-state index in [1.54, 1.807) is 31.4 Å². The van der Waals surface area contributed by atoms with Crippen molar-refractivity contribution >= 4 is 17.6 Å². The van der Waals surface area contributed by atoms with Crippen LogP contribution < -0.4 is 21.1 Å². The molecule has 0 radical (unpaired) electrons. The number of hydrogen-bond acceptors (Lipinski definition) is 3. The monoisotopic (exact) mass is 313 g/mol. The molecule has 0 saturated heterocycles. The van der Waals surface area contributed by atoms with E-state index in [9.17, 15) is 9.59 Å². The molecule has 0 saturated carbocycles. The Morgan fingerprint density at radius 3 is 2.65 bits per heavy atom. The Kier molecular flexibility index (Phi) is 5.57. The zero-order valence-corrected chi connectivity index (χ0v) is 12.8. The number of rotatable bonds is 6. The number of benzene rings is 2. The van der Waals surface area contributed by atoms with Crippen molar-refractivity contribution in [1.82, 2.24) is 5.32 Å². The minimum absolute atomic E-state index is 0.0757. The van der Waals surface area contributed by atoms with E-state index in [0.717, 1.165) is 11.3 Å². The maximum Gasteiger partial charge on any atom is 0.319 e. The third kappa shape index (κ3) is 5.03. The second kappa shape index (κ2) is 7.84. The van der Waals surface area contributed by atoms with Crippen molar-refractivity contribution in [2.45, 2.75) is 13.0 Å². The molecule has 0 aliphatic carbocycles. The van der Waals surface area contributed by atoms with Crippen LogP contribution in [0, 0.1) is 0 Å². The molecule has 3 amide bonds. The van der Waals surface area contributed by atoms with E-state index in [-0.39, 0.29) is 12.5 Å². The van der Waals surface area contributed by atoms with Gasteiger partial charge in [-0.1, -0.05) is 30.3 Å². The minimum Gasteiger partial charge on any atom is -0.497 e. The van der Waals surface area contributed by atoms with Crippen LogP contribution in [0.4, 0.5) is 10.5 Å². The van der Waals surface area contributed by atoms with Gasteiger partial charge in [-0.05, 0) is 29.3 Å². The van der Waals surface area contributed by atoms with Crippen molar-refractivity contribution in [1.29, 1.82) is 0 Å². The van der Waals surface area contributed by atoms with Crippen LogP contribution in [-0.4, -0.2) is 19.0 Å². The first kappa shape index (κ1) is 16.4. The molecule has 0 aliphatic rings. The molecule has 4 N–H and O–H groups in total. The van der Waals surface area contributed by atoms with Crippen LogP contribution in [0.25, 0.3) is 0 Å². The van der Waals surface area contributed by atoms with Gasteiger partial charge in [-0.25, -0.2) is 4.79 Å². The second-order valence-electron chi connectivity index (χ2n) is 4.96. The molecule has 2 rings (SSSR count). The maximum atomic E-state index is 12.0. The molecular weight excluding hydrogens is 294 g/mol. The Hall–Kier alpha value is -3.02. The van der Waals surface area contributed by atoms with E-state index >= 15 is 0 Å². The Labute approximate surface area is 134 Å². The highest BCUT2D eigenvalue weighted by Gasteiger charge is 2.08. The fourth-order valence-corrected chi connectivity index (χ4v) is 2.12. The first-order valence-corrected chi connectivity index (χ1v) is 7.12. The normalized spacial score (nSPS) is 9.96. The molecule has 6 nitrogen and oxygen atoms in total. The summed E-state index contributed by atoms with van der Waals surface area (Å²) in [7, 11) is 1.59. The van der Waals surface area contributed by atoms with Gasteiger partial charge in [-0.15, -0.1) is 0 Å². The molecule has 0 unspecified atom stereocenters. The van der Waals surface area contributed by atoms with Gasteiger partial charge in [0.05, 0.1) is 13.5 Å². The Balaban J connectivity index is 1.96. The van der Waals surface area contributed by atoms with Crippen molar-refractivity contribution in [2.75, 3.05) is 12.4 Å². The van der Waals surface area contributed by atoms with Crippen LogP contribution in [0.5, 0.6) is 5.75 Å². The van der Waals surface area contributed by atoms with Crippen molar-refractivity contribution in [3.63, 3.8) is 0 Å². The summed E-state index contributed by atoms with van der Waals surface area (Å²) in [5, 5.41) is 5.48. The van der Waals surface area contributed by atoms with Crippen LogP contribution in [0.1, 0.15) is 11.1 Å². The van der Waals surface area contributed by atoms with E-state index in [1.807, 2.05) is 24.3 Å². The van der Waals surface area contributed by atoms with Crippen LogP contribution in [0.3, 0.4) is 0 Å². The van der Waals surface area contributed by atoms with E-state index in [4.69, 9.17) is 10.5 Å². The molecule has 0 aromatic heterocycles. The fraction of sp³-hybridized carbons (Fsp3) is 0.176. The number of nitrogens with one attached hydrogen (secondary N) is 2. The number of carbonyl (C=O) groups excluding carboxylic acids is 2. The third-order valence-electron chi connectivity index (χ3n) is 3.22. The lowest BCUT2D eigenvalue weighted by Gasteiger charge is -2.11. The van der Waals surface area contributed by atoms with Gasteiger partial charge in [0.1, 0.15) is 5.75 Å². The number of carbonyl (C=O) groups is 2. The molecular formula is C17H19N3O3. The Morgan fingerprint density at radius 1 is 1.13 bits per heavy atom. The van der Waals surface area contributed by atoms with Gasteiger partial charge in [0.2, 0.25) is 5.91 Å². The smallest absolute Gasteiger partial charge is 0.319 e. The molecule has 23 heavy (non-hydrogen) atoms. The van der Waals surface area contributed by atoms with Crippen molar-refractivity contribution < 1.29 is 14.3 Å². The van der Waals surface area contributed by atoms with Crippen LogP contribution in [0.15, 0.2) is 48.5 Å². The lowest BCUT2D eigenvalue weighted by molar-refractivity contribution is -0.117. The zero-order chi connectivity index (χ0) is 16.7. The average molecular weight is 313 g/mol. The van der Waals surface area contributed by atoms with Gasteiger partial charge in [0.25, 0.3) is 0 Å². The molecule has 2 aromatic carbocycles. The number of amides is 3. The van der Waals surface area contributed by atoms with E-state index in [1.165, 1.54) is 0 Å². The van der Waals surface area contributed by atoms with Gasteiger partial charge in [-0.3, -0.25) is 4.79 Å². The summed E-state index contributed by atoms with van der Waals surface area (Å²) in [6, 6.07) is 14.1. The number of urea groups is 1. The summed E-state index contributed by atoms with van der Waals surface area (Å²) in [5.74, 6) is 0.285. The highest BCUT2D eigenvalue weighted by atomic mass is 16.5. The van der Waals surface area contributed by atoms with E-state index < -0.39 is 5.91 Å². The lowest BCUT2D eigenvalue weighted by atomic mass is 10.1. The van der Waals surface area contributed by atoms with Gasteiger partial charge >= 0.3 is 6.03 Å². The molecule has 120 valence electrons. The molecule has 6 heteroatoms. The quantitative estimate of drug-likeness (QED) is 0.762. The predicted octanol–water partition coefficient (Wildman–Crippen LogP) is 2.04. The van der Waals surface area contributed by atoms with Crippen LogP contribution >= 0.6 is 0 Å². The van der Waals surface area contributed by atoms with Gasteiger partial charge in [-0.2, -0.15) is 0 Å². The Morgan fingerprint density at radius 2 is 1.91 bits per heavy atom. The summed E-state index contributed by atoms with van der Waals surface area (Å²) < 4.78 is 5.14. The van der Waals surface area contributed by atoms with E-state index in [2.05, 4.69) is 10.6 Å². The molecule has 0 fully saturated rings. The Bertz CT molecular complexity index is 701. The summed E-state index contributed by atoms with van der Waals surface area (Å²) in [5.41, 5.74) is 7.37. The minimum atomic E-state index is -0.448. The number of para-hydroxylation sites is 1.